The lowest BCUT2D eigenvalue weighted by atomic mass is 10.8. The summed E-state index contributed by atoms with van der Waals surface area (Å²) < 4.78 is 0. The Morgan fingerprint density at radius 2 is 2.83 bits per heavy atom. The molecular weight excluding hydrogens is 92.1 g/mol. The number of nitrogens with one attached hydrogen (secondary N) is 1. The second kappa shape index (κ2) is 1.53. The number of nitrogens with zero attached hydrogens (tertiary/aromatic N) is 1. The predicted molar refractivity (Wildman–Crippen MR) is 30.2 cm³/mol. The lowest BCUT2D eigenvalue weighted by Gasteiger charge is -1.93. The van der Waals surface area contributed by atoms with Gasteiger partial charge in [0.25, 0.3) is 0 Å². The molecule has 1 rings (SSSR count). The predicted octanol–water partition coefficient (Wildman–Crippen LogP) is -1.69. The van der Waals surface area contributed by atoms with Gasteiger partial charge < -0.3 is 0 Å². The molecule has 1 unspecified atom stereocenters. The van der Waals surface area contributed by atoms with Crippen molar-refractivity contribution >= 4 is 16.5 Å². The SMILES string of the molecule is [SiH3]C1N=CCN1. The Labute approximate surface area is 40.1 Å². The van der Waals surface area contributed by atoms with Crippen molar-refractivity contribution in [3.05, 3.63) is 0 Å². The molecule has 1 aliphatic rings. The monoisotopic (exact) mass is 100 g/mol. The van der Waals surface area contributed by atoms with Crippen LogP contribution in [-0.2, 0) is 0 Å². The van der Waals surface area contributed by atoms with E-state index in [2.05, 4.69) is 10.3 Å². The maximum absolute atomic E-state index is 4.06. The third-order valence-electron chi connectivity index (χ3n) is 0.834. The van der Waals surface area contributed by atoms with Crippen LogP contribution in [0.1, 0.15) is 0 Å². The zero-order valence-corrected chi connectivity index (χ0v) is 5.81. The Bertz CT molecular complexity index is 71.2. The number of hydrogen-bond donors (Lipinski definition) is 1. The normalized spacial score (nSPS) is 32.3. The molecule has 2 nitrogen and oxygen atoms in total. The third kappa shape index (κ3) is 0.665. The van der Waals surface area contributed by atoms with Gasteiger partial charge in [-0.1, -0.05) is 0 Å². The molecule has 0 radical (unpaired) electrons. The Morgan fingerprint density at radius 1 is 2.00 bits per heavy atom. The van der Waals surface area contributed by atoms with E-state index in [9.17, 15) is 0 Å². The molecule has 0 spiro atoms. The molecule has 6 heavy (non-hydrogen) atoms. The van der Waals surface area contributed by atoms with Crippen molar-refractivity contribution in [2.75, 3.05) is 6.54 Å². The van der Waals surface area contributed by atoms with Gasteiger partial charge in [0.15, 0.2) is 0 Å². The molecule has 0 amide bonds. The maximum Gasteiger partial charge on any atom is 0.0773 e. The van der Waals surface area contributed by atoms with Crippen LogP contribution in [0.4, 0.5) is 0 Å². The molecule has 1 N–H and O–H groups in total. The summed E-state index contributed by atoms with van der Waals surface area (Å²) >= 11 is 0. The van der Waals surface area contributed by atoms with E-state index in [4.69, 9.17) is 0 Å². The first-order valence-corrected chi connectivity index (χ1v) is 3.30. The van der Waals surface area contributed by atoms with Crippen LogP contribution < -0.4 is 5.32 Å². The summed E-state index contributed by atoms with van der Waals surface area (Å²) in [6.45, 7) is 0.980. The van der Waals surface area contributed by atoms with E-state index in [0.717, 1.165) is 16.8 Å². The quantitative estimate of drug-likeness (QED) is 0.361. The van der Waals surface area contributed by atoms with Crippen molar-refractivity contribution in [2.24, 2.45) is 4.99 Å². The van der Waals surface area contributed by atoms with Crippen molar-refractivity contribution in [3.63, 3.8) is 0 Å². The van der Waals surface area contributed by atoms with Crippen LogP contribution in [0.5, 0.6) is 0 Å². The van der Waals surface area contributed by atoms with E-state index < -0.39 is 0 Å². The van der Waals surface area contributed by atoms with E-state index in [1.54, 1.807) is 0 Å². The summed E-state index contributed by atoms with van der Waals surface area (Å²) in [7, 11) is 1.14. The Hall–Kier alpha value is -0.153. The molecule has 0 aliphatic carbocycles. The van der Waals surface area contributed by atoms with E-state index in [0.29, 0.717) is 5.79 Å². The van der Waals surface area contributed by atoms with Crippen LogP contribution in [0.15, 0.2) is 4.99 Å². The largest absolute Gasteiger partial charge is 0.295 e. The lowest BCUT2D eigenvalue weighted by Crippen LogP contribution is -2.21. The summed E-state index contributed by atoms with van der Waals surface area (Å²) in [5, 5.41) is 3.16. The highest BCUT2D eigenvalue weighted by Crippen LogP contribution is 1.80. The fraction of sp³-hybridized carbons (Fsp3) is 0.667. The fourth-order valence-electron chi connectivity index (χ4n) is 0.487. The van der Waals surface area contributed by atoms with E-state index in [1.165, 1.54) is 0 Å². The summed E-state index contributed by atoms with van der Waals surface area (Å²) in [5.74, 6) is 0.505. The fourth-order valence-corrected chi connectivity index (χ4v) is 0.933. The average Bonchev–Trinajstić information content (AvgIpc) is 1.86. The smallest absolute Gasteiger partial charge is 0.0773 e. The Kier molecular flexibility index (Phi) is 1.02. The van der Waals surface area contributed by atoms with Crippen molar-refractivity contribution in [1.82, 2.24) is 5.32 Å². The van der Waals surface area contributed by atoms with E-state index >= 15 is 0 Å². The number of hydrogen-bond acceptors (Lipinski definition) is 2. The lowest BCUT2D eigenvalue weighted by molar-refractivity contribution is 0.783. The van der Waals surface area contributed by atoms with Gasteiger partial charge >= 0.3 is 0 Å². The van der Waals surface area contributed by atoms with Crippen LogP contribution in [-0.4, -0.2) is 28.8 Å². The van der Waals surface area contributed by atoms with Gasteiger partial charge in [0.05, 0.1) is 16.0 Å². The highest BCUT2D eigenvalue weighted by atomic mass is 28.1. The van der Waals surface area contributed by atoms with Gasteiger partial charge in [0.2, 0.25) is 0 Å². The molecule has 3 heteroatoms. The van der Waals surface area contributed by atoms with Crippen LogP contribution >= 0.6 is 0 Å². The first kappa shape index (κ1) is 4.02. The second-order valence-electron chi connectivity index (χ2n) is 1.42. The van der Waals surface area contributed by atoms with E-state index in [-0.39, 0.29) is 0 Å². The molecule has 0 aromatic heterocycles. The minimum absolute atomic E-state index is 0.505. The van der Waals surface area contributed by atoms with Crippen molar-refractivity contribution in [3.8, 4) is 0 Å². The molecular formula is C3H8N2Si. The zero-order valence-electron chi connectivity index (χ0n) is 3.81. The highest BCUT2D eigenvalue weighted by molar-refractivity contribution is 6.12. The molecule has 0 aromatic carbocycles. The van der Waals surface area contributed by atoms with Gasteiger partial charge in [0, 0.05) is 12.8 Å². The summed E-state index contributed by atoms with van der Waals surface area (Å²) in [4.78, 5) is 4.06. The van der Waals surface area contributed by atoms with Gasteiger partial charge in [-0.05, 0) is 0 Å². The molecule has 0 saturated heterocycles. The van der Waals surface area contributed by atoms with Crippen LogP contribution in [0.3, 0.4) is 0 Å². The van der Waals surface area contributed by atoms with Crippen LogP contribution in [0.25, 0.3) is 0 Å². The van der Waals surface area contributed by atoms with E-state index in [1.807, 2.05) is 6.21 Å². The summed E-state index contributed by atoms with van der Waals surface area (Å²) in [6, 6.07) is 0. The molecule has 1 atom stereocenters. The van der Waals surface area contributed by atoms with Gasteiger partial charge in [-0.3, -0.25) is 10.3 Å². The summed E-state index contributed by atoms with van der Waals surface area (Å²) in [5.41, 5.74) is 0. The maximum atomic E-state index is 4.06. The number of aliphatic imine (C=N–C) groups is 1. The average molecular weight is 100 g/mol. The van der Waals surface area contributed by atoms with Crippen LogP contribution in [0, 0.1) is 0 Å². The minimum Gasteiger partial charge on any atom is -0.295 e. The van der Waals surface area contributed by atoms with Crippen molar-refractivity contribution in [1.29, 1.82) is 0 Å². The molecule has 0 saturated carbocycles. The molecule has 1 heterocycles. The van der Waals surface area contributed by atoms with Crippen molar-refractivity contribution in [2.45, 2.75) is 5.79 Å². The molecule has 1 aliphatic heterocycles. The van der Waals surface area contributed by atoms with Gasteiger partial charge in [0.1, 0.15) is 0 Å². The third-order valence-corrected chi connectivity index (χ3v) is 1.54. The first-order valence-electron chi connectivity index (χ1n) is 2.14. The molecule has 0 fully saturated rings. The minimum atomic E-state index is 0.505. The van der Waals surface area contributed by atoms with Gasteiger partial charge in [-0.2, -0.15) is 0 Å². The standard InChI is InChI=1S/C3H8N2Si/c6-3-4-1-2-5-3/h1,3,5H,2H2,6H3. The Balaban J connectivity index is 2.38. The topological polar surface area (TPSA) is 24.4 Å². The van der Waals surface area contributed by atoms with Crippen molar-refractivity contribution < 1.29 is 0 Å². The number of rotatable bonds is 0. The zero-order chi connectivity index (χ0) is 4.41. The highest BCUT2D eigenvalue weighted by Gasteiger charge is 1.97. The first-order chi connectivity index (χ1) is 2.89. The second-order valence-corrected chi connectivity index (χ2v) is 2.51. The molecule has 34 valence electrons. The molecule has 0 aromatic rings. The summed E-state index contributed by atoms with van der Waals surface area (Å²) in [6.07, 6.45) is 1.93. The van der Waals surface area contributed by atoms with Gasteiger partial charge in [-0.15, -0.1) is 0 Å². The van der Waals surface area contributed by atoms with Gasteiger partial charge in [-0.25, -0.2) is 0 Å². The Morgan fingerprint density at radius 3 is 3.00 bits per heavy atom. The molecule has 0 bridgehead atoms. The van der Waals surface area contributed by atoms with Crippen LogP contribution in [0.2, 0.25) is 0 Å².